The van der Waals surface area contributed by atoms with E-state index < -0.39 is 5.97 Å². The number of para-hydroxylation sites is 1. The van der Waals surface area contributed by atoms with Crippen molar-refractivity contribution in [1.82, 2.24) is 4.98 Å². The van der Waals surface area contributed by atoms with Gasteiger partial charge in [-0.3, -0.25) is 0 Å². The number of anilines is 2. The molecule has 0 saturated heterocycles. The second-order valence-corrected chi connectivity index (χ2v) is 3.88. The van der Waals surface area contributed by atoms with Crippen molar-refractivity contribution in [2.24, 2.45) is 0 Å². The summed E-state index contributed by atoms with van der Waals surface area (Å²) in [5.41, 5.74) is 0.312. The van der Waals surface area contributed by atoms with Crippen molar-refractivity contribution in [3.8, 4) is 0 Å². The number of pyridine rings is 1. The first-order valence-corrected chi connectivity index (χ1v) is 5.86. The van der Waals surface area contributed by atoms with Crippen molar-refractivity contribution in [2.75, 3.05) is 11.4 Å². The van der Waals surface area contributed by atoms with Gasteiger partial charge in [0.1, 0.15) is 11.6 Å². The molecule has 2 aromatic rings. The molecule has 4 nitrogen and oxygen atoms in total. The standard InChI is InChI=1S/C14H13FN2O2/c1-2-17(12-8-4-3-6-10(12)15)13-9-5-7-11(16-13)14(18)19/h3-9H,2H2,1H3,(H,18,19). The molecule has 1 N–H and O–H groups in total. The summed E-state index contributed by atoms with van der Waals surface area (Å²) in [5, 5.41) is 8.93. The highest BCUT2D eigenvalue weighted by Gasteiger charge is 2.14. The number of nitrogens with zero attached hydrogens (tertiary/aromatic N) is 2. The Morgan fingerprint density at radius 1 is 1.26 bits per heavy atom. The Morgan fingerprint density at radius 3 is 2.63 bits per heavy atom. The topological polar surface area (TPSA) is 53.4 Å². The van der Waals surface area contributed by atoms with Gasteiger partial charge in [0.2, 0.25) is 0 Å². The maximum atomic E-state index is 13.8. The van der Waals surface area contributed by atoms with E-state index in [2.05, 4.69) is 4.98 Å². The number of hydrogen-bond donors (Lipinski definition) is 1. The molecule has 19 heavy (non-hydrogen) atoms. The van der Waals surface area contributed by atoms with Gasteiger partial charge in [-0.2, -0.15) is 0 Å². The van der Waals surface area contributed by atoms with Crippen LogP contribution in [0.2, 0.25) is 0 Å². The molecule has 0 bridgehead atoms. The first kappa shape index (κ1) is 13.0. The summed E-state index contributed by atoms with van der Waals surface area (Å²) in [6.45, 7) is 2.33. The number of carbonyl (C=O) groups is 1. The van der Waals surface area contributed by atoms with E-state index in [-0.39, 0.29) is 11.5 Å². The van der Waals surface area contributed by atoms with E-state index in [0.29, 0.717) is 18.1 Å². The lowest BCUT2D eigenvalue weighted by Crippen LogP contribution is -2.19. The third kappa shape index (κ3) is 2.70. The summed E-state index contributed by atoms with van der Waals surface area (Å²) in [7, 11) is 0. The second-order valence-electron chi connectivity index (χ2n) is 3.88. The largest absolute Gasteiger partial charge is 0.477 e. The van der Waals surface area contributed by atoms with Crippen LogP contribution in [0.1, 0.15) is 17.4 Å². The van der Waals surface area contributed by atoms with Gasteiger partial charge in [0.15, 0.2) is 5.69 Å². The number of halogens is 1. The van der Waals surface area contributed by atoms with Crippen LogP contribution in [0.25, 0.3) is 0 Å². The Kier molecular flexibility index (Phi) is 3.75. The monoisotopic (exact) mass is 260 g/mol. The van der Waals surface area contributed by atoms with Gasteiger partial charge in [0.05, 0.1) is 5.69 Å². The number of carboxylic acids is 1. The molecule has 2 rings (SSSR count). The molecule has 0 aliphatic carbocycles. The lowest BCUT2D eigenvalue weighted by atomic mass is 10.2. The summed E-state index contributed by atoms with van der Waals surface area (Å²) in [5.74, 6) is -1.06. The van der Waals surface area contributed by atoms with Crippen LogP contribution >= 0.6 is 0 Å². The number of aromatic nitrogens is 1. The van der Waals surface area contributed by atoms with Gasteiger partial charge in [-0.25, -0.2) is 14.2 Å². The number of rotatable bonds is 4. The zero-order valence-electron chi connectivity index (χ0n) is 10.4. The molecule has 5 heteroatoms. The molecule has 0 aliphatic heterocycles. The molecule has 1 heterocycles. The molecule has 98 valence electrons. The van der Waals surface area contributed by atoms with Crippen LogP contribution in [0.5, 0.6) is 0 Å². The maximum Gasteiger partial charge on any atom is 0.354 e. The zero-order valence-corrected chi connectivity index (χ0v) is 10.4. The molecular weight excluding hydrogens is 247 g/mol. The van der Waals surface area contributed by atoms with Gasteiger partial charge in [0.25, 0.3) is 0 Å². The van der Waals surface area contributed by atoms with E-state index >= 15 is 0 Å². The first-order valence-electron chi connectivity index (χ1n) is 5.86. The van der Waals surface area contributed by atoms with Crippen molar-refractivity contribution >= 4 is 17.5 Å². The number of benzene rings is 1. The quantitative estimate of drug-likeness (QED) is 0.917. The molecule has 0 atom stereocenters. The molecule has 1 aromatic heterocycles. The first-order chi connectivity index (χ1) is 9.13. The van der Waals surface area contributed by atoms with Crippen LogP contribution in [-0.4, -0.2) is 22.6 Å². The van der Waals surface area contributed by atoms with Crippen molar-refractivity contribution < 1.29 is 14.3 Å². The van der Waals surface area contributed by atoms with Gasteiger partial charge in [-0.1, -0.05) is 18.2 Å². The minimum atomic E-state index is -1.11. The third-order valence-electron chi connectivity index (χ3n) is 2.69. The normalized spacial score (nSPS) is 10.2. The van der Waals surface area contributed by atoms with Gasteiger partial charge in [-0.15, -0.1) is 0 Å². The van der Waals surface area contributed by atoms with E-state index in [1.807, 2.05) is 6.92 Å². The van der Waals surface area contributed by atoms with Gasteiger partial charge >= 0.3 is 5.97 Å². The van der Waals surface area contributed by atoms with E-state index in [1.165, 1.54) is 12.1 Å². The molecule has 0 spiro atoms. The third-order valence-corrected chi connectivity index (χ3v) is 2.69. The van der Waals surface area contributed by atoms with E-state index in [4.69, 9.17) is 5.11 Å². The lowest BCUT2D eigenvalue weighted by Gasteiger charge is -2.22. The lowest BCUT2D eigenvalue weighted by molar-refractivity contribution is 0.0690. The highest BCUT2D eigenvalue weighted by molar-refractivity contribution is 5.86. The highest BCUT2D eigenvalue weighted by atomic mass is 19.1. The highest BCUT2D eigenvalue weighted by Crippen LogP contribution is 2.25. The fourth-order valence-electron chi connectivity index (χ4n) is 1.82. The van der Waals surface area contributed by atoms with E-state index in [0.717, 1.165) is 0 Å². The van der Waals surface area contributed by atoms with Gasteiger partial charge < -0.3 is 10.0 Å². The Balaban J connectivity index is 2.45. The Morgan fingerprint density at radius 2 is 2.00 bits per heavy atom. The smallest absolute Gasteiger partial charge is 0.354 e. The average Bonchev–Trinajstić information content (AvgIpc) is 2.42. The average molecular weight is 260 g/mol. The van der Waals surface area contributed by atoms with Crippen molar-refractivity contribution in [1.29, 1.82) is 0 Å². The van der Waals surface area contributed by atoms with Crippen molar-refractivity contribution in [3.63, 3.8) is 0 Å². The molecule has 0 aliphatic rings. The van der Waals surface area contributed by atoms with Gasteiger partial charge in [-0.05, 0) is 31.2 Å². The summed E-state index contributed by atoms with van der Waals surface area (Å²) in [4.78, 5) is 16.6. The van der Waals surface area contributed by atoms with Crippen molar-refractivity contribution in [3.05, 3.63) is 54.0 Å². The second kappa shape index (κ2) is 5.48. The Labute approximate surface area is 110 Å². The number of hydrogen-bond acceptors (Lipinski definition) is 3. The zero-order chi connectivity index (χ0) is 13.8. The van der Waals surface area contributed by atoms with Crippen LogP contribution in [-0.2, 0) is 0 Å². The predicted molar refractivity (Wildman–Crippen MR) is 70.3 cm³/mol. The molecule has 0 radical (unpaired) electrons. The van der Waals surface area contributed by atoms with Crippen LogP contribution < -0.4 is 4.90 Å². The van der Waals surface area contributed by atoms with E-state index in [1.54, 1.807) is 35.2 Å². The minimum Gasteiger partial charge on any atom is -0.477 e. The fraction of sp³-hybridized carbons (Fsp3) is 0.143. The van der Waals surface area contributed by atoms with Crippen LogP contribution in [0.15, 0.2) is 42.5 Å². The van der Waals surface area contributed by atoms with Crippen LogP contribution in [0, 0.1) is 5.82 Å². The molecule has 0 saturated carbocycles. The molecule has 0 fully saturated rings. The summed E-state index contributed by atoms with van der Waals surface area (Å²) < 4.78 is 13.8. The molecule has 0 amide bonds. The Bertz CT molecular complexity index is 602. The minimum absolute atomic E-state index is 0.0627. The van der Waals surface area contributed by atoms with Crippen molar-refractivity contribution in [2.45, 2.75) is 6.92 Å². The summed E-state index contributed by atoms with van der Waals surface area (Å²) >= 11 is 0. The summed E-state index contributed by atoms with van der Waals surface area (Å²) in [6, 6.07) is 11.0. The Hall–Kier alpha value is -2.43. The molecule has 1 aromatic carbocycles. The summed E-state index contributed by atoms with van der Waals surface area (Å²) in [6.07, 6.45) is 0. The number of carboxylic acid groups (broad SMARTS) is 1. The molecular formula is C14H13FN2O2. The number of aromatic carboxylic acids is 1. The SMILES string of the molecule is CCN(c1cccc(C(=O)O)n1)c1ccccc1F. The van der Waals surface area contributed by atoms with Crippen LogP contribution in [0.3, 0.4) is 0 Å². The maximum absolute atomic E-state index is 13.8. The molecule has 0 unspecified atom stereocenters. The van der Waals surface area contributed by atoms with E-state index in [9.17, 15) is 9.18 Å². The fourth-order valence-corrected chi connectivity index (χ4v) is 1.82. The predicted octanol–water partition coefficient (Wildman–Crippen LogP) is 3.08. The van der Waals surface area contributed by atoms with Gasteiger partial charge in [0, 0.05) is 6.54 Å². The van der Waals surface area contributed by atoms with Crippen LogP contribution in [0.4, 0.5) is 15.9 Å².